The van der Waals surface area contributed by atoms with Gasteiger partial charge in [-0.1, -0.05) is 30.7 Å². The zero-order valence-electron chi connectivity index (χ0n) is 11.7. The van der Waals surface area contributed by atoms with Crippen LogP contribution in [0.4, 0.5) is 0 Å². The molecule has 3 nitrogen and oxygen atoms in total. The molecule has 0 saturated carbocycles. The van der Waals surface area contributed by atoms with Crippen LogP contribution in [0.2, 0.25) is 5.02 Å². The van der Waals surface area contributed by atoms with Gasteiger partial charge in [-0.15, -0.1) is 12.4 Å². The van der Waals surface area contributed by atoms with Crippen molar-refractivity contribution in [1.82, 2.24) is 10.6 Å². The summed E-state index contributed by atoms with van der Waals surface area (Å²) in [4.78, 5) is 12.2. The molecule has 1 aromatic carbocycles. The monoisotopic (exact) mass is 316 g/mol. The molecule has 1 unspecified atom stereocenters. The largest absolute Gasteiger partial charge is 0.349 e. The lowest BCUT2D eigenvalue weighted by Gasteiger charge is -2.25. The van der Waals surface area contributed by atoms with E-state index in [1.807, 2.05) is 24.3 Å². The molecule has 1 aliphatic rings. The molecule has 1 heterocycles. The molecule has 112 valence electrons. The normalized spacial score (nSPS) is 17.1. The van der Waals surface area contributed by atoms with E-state index in [-0.39, 0.29) is 30.3 Å². The van der Waals surface area contributed by atoms with Gasteiger partial charge in [0.15, 0.2) is 0 Å². The van der Waals surface area contributed by atoms with Gasteiger partial charge >= 0.3 is 0 Å². The lowest BCUT2D eigenvalue weighted by atomic mass is 9.96. The second-order valence-corrected chi connectivity index (χ2v) is 5.48. The Labute approximate surface area is 131 Å². The van der Waals surface area contributed by atoms with Gasteiger partial charge in [-0.3, -0.25) is 4.79 Å². The summed E-state index contributed by atoms with van der Waals surface area (Å²) in [6.07, 6.45) is 2.75. The Morgan fingerprint density at radius 3 is 2.50 bits per heavy atom. The van der Waals surface area contributed by atoms with Crippen LogP contribution < -0.4 is 10.6 Å². The van der Waals surface area contributed by atoms with Crippen molar-refractivity contribution in [3.63, 3.8) is 0 Å². The summed E-state index contributed by atoms with van der Waals surface area (Å²) in [5, 5.41) is 7.17. The Kier molecular flexibility index (Phi) is 7.35. The van der Waals surface area contributed by atoms with Crippen molar-refractivity contribution < 1.29 is 4.79 Å². The summed E-state index contributed by atoms with van der Waals surface area (Å²) >= 11 is 5.89. The molecule has 2 rings (SSSR count). The van der Waals surface area contributed by atoms with Gasteiger partial charge in [-0.2, -0.15) is 0 Å². The Morgan fingerprint density at radius 2 is 1.95 bits per heavy atom. The zero-order valence-corrected chi connectivity index (χ0v) is 13.3. The first kappa shape index (κ1) is 17.3. The fourth-order valence-corrected chi connectivity index (χ4v) is 2.62. The molecule has 1 atom stereocenters. The second-order valence-electron chi connectivity index (χ2n) is 5.05. The van der Waals surface area contributed by atoms with Crippen LogP contribution >= 0.6 is 24.0 Å². The Bertz CT molecular complexity index is 416. The highest BCUT2D eigenvalue weighted by Gasteiger charge is 2.23. The van der Waals surface area contributed by atoms with Gasteiger partial charge < -0.3 is 10.6 Å². The molecule has 1 fully saturated rings. The standard InChI is InChI=1S/C15H21ClN2O.ClH/c1-2-14(11-3-5-13(16)6-4-11)18-15(19)12-7-9-17-10-8-12;/h3-6,12,14,17H,2,7-10H2,1H3,(H,18,19);1H. The molecule has 1 aliphatic heterocycles. The summed E-state index contributed by atoms with van der Waals surface area (Å²) in [6, 6.07) is 7.80. The van der Waals surface area contributed by atoms with Gasteiger partial charge in [-0.05, 0) is 50.0 Å². The molecule has 1 amide bonds. The number of amides is 1. The number of hydrogen-bond acceptors (Lipinski definition) is 2. The lowest BCUT2D eigenvalue weighted by molar-refractivity contribution is -0.126. The van der Waals surface area contributed by atoms with Crippen molar-refractivity contribution in [2.24, 2.45) is 5.92 Å². The average Bonchev–Trinajstić information content (AvgIpc) is 2.46. The summed E-state index contributed by atoms with van der Waals surface area (Å²) in [7, 11) is 0. The van der Waals surface area contributed by atoms with Gasteiger partial charge in [0.1, 0.15) is 0 Å². The highest BCUT2D eigenvalue weighted by molar-refractivity contribution is 6.30. The Morgan fingerprint density at radius 1 is 1.35 bits per heavy atom. The van der Waals surface area contributed by atoms with Crippen molar-refractivity contribution in [3.8, 4) is 0 Å². The van der Waals surface area contributed by atoms with Crippen LogP contribution in [0.3, 0.4) is 0 Å². The van der Waals surface area contributed by atoms with Crippen LogP contribution in [-0.2, 0) is 4.79 Å². The van der Waals surface area contributed by atoms with Crippen molar-refractivity contribution in [2.75, 3.05) is 13.1 Å². The van der Waals surface area contributed by atoms with E-state index in [9.17, 15) is 4.79 Å². The van der Waals surface area contributed by atoms with E-state index in [1.165, 1.54) is 0 Å². The van der Waals surface area contributed by atoms with Crippen molar-refractivity contribution >= 4 is 29.9 Å². The molecule has 20 heavy (non-hydrogen) atoms. The van der Waals surface area contributed by atoms with Crippen LogP contribution in [0.15, 0.2) is 24.3 Å². The maximum atomic E-state index is 12.2. The highest BCUT2D eigenvalue weighted by Crippen LogP contribution is 2.21. The number of rotatable bonds is 4. The third kappa shape index (κ3) is 4.65. The third-order valence-corrected chi connectivity index (χ3v) is 3.96. The van der Waals surface area contributed by atoms with Gasteiger partial charge in [0.2, 0.25) is 5.91 Å². The quantitative estimate of drug-likeness (QED) is 0.894. The second kappa shape index (κ2) is 8.50. The third-order valence-electron chi connectivity index (χ3n) is 3.71. The van der Waals surface area contributed by atoms with Crippen LogP contribution in [0.25, 0.3) is 0 Å². The average molecular weight is 317 g/mol. The van der Waals surface area contributed by atoms with E-state index in [2.05, 4.69) is 17.6 Å². The molecule has 0 bridgehead atoms. The maximum absolute atomic E-state index is 12.2. The fraction of sp³-hybridized carbons (Fsp3) is 0.533. The van der Waals surface area contributed by atoms with Gasteiger partial charge in [0.05, 0.1) is 6.04 Å². The van der Waals surface area contributed by atoms with Crippen LogP contribution in [0, 0.1) is 5.92 Å². The van der Waals surface area contributed by atoms with E-state index in [1.54, 1.807) is 0 Å². The summed E-state index contributed by atoms with van der Waals surface area (Å²) in [5.74, 6) is 0.339. The smallest absolute Gasteiger partial charge is 0.223 e. The molecule has 5 heteroatoms. The Balaban J connectivity index is 0.00000200. The molecular formula is C15H22Cl2N2O. The maximum Gasteiger partial charge on any atom is 0.223 e. The van der Waals surface area contributed by atoms with Gasteiger partial charge in [0.25, 0.3) is 0 Å². The Hall–Kier alpha value is -0.770. The lowest BCUT2D eigenvalue weighted by Crippen LogP contribution is -2.39. The first-order valence-corrected chi connectivity index (χ1v) is 7.35. The molecule has 0 aromatic heterocycles. The van der Waals surface area contributed by atoms with E-state index in [4.69, 9.17) is 11.6 Å². The van der Waals surface area contributed by atoms with Crippen molar-refractivity contribution in [1.29, 1.82) is 0 Å². The first-order valence-electron chi connectivity index (χ1n) is 6.97. The molecule has 0 spiro atoms. The summed E-state index contributed by atoms with van der Waals surface area (Å²) < 4.78 is 0. The molecule has 2 N–H and O–H groups in total. The molecule has 1 saturated heterocycles. The number of hydrogen-bond donors (Lipinski definition) is 2. The number of nitrogens with one attached hydrogen (secondary N) is 2. The predicted octanol–water partition coefficient (Wildman–Crippen LogP) is 3.33. The van der Waals surface area contributed by atoms with Gasteiger partial charge in [0, 0.05) is 10.9 Å². The highest BCUT2D eigenvalue weighted by atomic mass is 35.5. The minimum absolute atomic E-state index is 0. The molecular weight excluding hydrogens is 295 g/mol. The van der Waals surface area contributed by atoms with E-state index < -0.39 is 0 Å². The predicted molar refractivity (Wildman–Crippen MR) is 85.5 cm³/mol. The van der Waals surface area contributed by atoms with Crippen molar-refractivity contribution in [3.05, 3.63) is 34.9 Å². The van der Waals surface area contributed by atoms with E-state index in [0.717, 1.165) is 42.9 Å². The van der Waals surface area contributed by atoms with Gasteiger partial charge in [-0.25, -0.2) is 0 Å². The molecule has 0 aliphatic carbocycles. The number of benzene rings is 1. The van der Waals surface area contributed by atoms with Crippen molar-refractivity contribution in [2.45, 2.75) is 32.2 Å². The van der Waals surface area contributed by atoms with E-state index >= 15 is 0 Å². The SMILES string of the molecule is CCC(NC(=O)C1CCNCC1)c1ccc(Cl)cc1.Cl. The number of piperidine rings is 1. The number of halogens is 2. The van der Waals surface area contributed by atoms with E-state index in [0.29, 0.717) is 0 Å². The molecule has 1 aromatic rings. The zero-order chi connectivity index (χ0) is 13.7. The number of carbonyl (C=O) groups excluding carboxylic acids is 1. The molecule has 0 radical (unpaired) electrons. The minimum atomic E-state index is 0. The first-order chi connectivity index (χ1) is 9.20. The van der Waals surface area contributed by atoms with Crippen LogP contribution in [-0.4, -0.2) is 19.0 Å². The minimum Gasteiger partial charge on any atom is -0.349 e. The van der Waals surface area contributed by atoms with Crippen LogP contribution in [0.5, 0.6) is 0 Å². The topological polar surface area (TPSA) is 41.1 Å². The summed E-state index contributed by atoms with van der Waals surface area (Å²) in [6.45, 7) is 3.97. The summed E-state index contributed by atoms with van der Waals surface area (Å²) in [5.41, 5.74) is 1.12. The van der Waals surface area contributed by atoms with Crippen LogP contribution in [0.1, 0.15) is 37.8 Å². The number of carbonyl (C=O) groups is 1. The fourth-order valence-electron chi connectivity index (χ4n) is 2.49.